The highest BCUT2D eigenvalue weighted by atomic mass is 32.1. The highest BCUT2D eigenvalue weighted by Gasteiger charge is 2.69. The van der Waals surface area contributed by atoms with Crippen molar-refractivity contribution in [2.45, 2.75) is 24.9 Å². The SMILES string of the molecule is Cc1ccccc1N1C(=O)C2C(c3cccs3)NC(Cc3c[nH]c4ccccc34)(C(=O)O)C2C1=O. The van der Waals surface area contributed by atoms with Gasteiger partial charge in [-0.3, -0.25) is 19.7 Å². The number of aromatic amines is 1. The number of nitrogens with zero attached hydrogens (tertiary/aromatic N) is 1. The quantitative estimate of drug-likeness (QED) is 0.370. The van der Waals surface area contributed by atoms with Gasteiger partial charge in [-0.05, 0) is 41.6 Å². The molecule has 0 bridgehead atoms. The van der Waals surface area contributed by atoms with Gasteiger partial charge in [-0.15, -0.1) is 11.3 Å². The summed E-state index contributed by atoms with van der Waals surface area (Å²) in [4.78, 5) is 46.1. The number of aliphatic carboxylic acids is 1. The molecule has 4 aromatic rings. The lowest BCUT2D eigenvalue weighted by atomic mass is 9.76. The first kappa shape index (κ1) is 21.8. The average molecular weight is 486 g/mol. The molecule has 4 heterocycles. The van der Waals surface area contributed by atoms with E-state index in [4.69, 9.17) is 0 Å². The summed E-state index contributed by atoms with van der Waals surface area (Å²) in [5.74, 6) is -3.83. The number of carbonyl (C=O) groups is 3. The van der Waals surface area contributed by atoms with Crippen molar-refractivity contribution in [2.24, 2.45) is 11.8 Å². The van der Waals surface area contributed by atoms with E-state index in [0.29, 0.717) is 5.69 Å². The molecule has 6 rings (SSSR count). The molecule has 0 saturated carbocycles. The zero-order valence-electron chi connectivity index (χ0n) is 18.9. The van der Waals surface area contributed by atoms with Crippen LogP contribution in [0.5, 0.6) is 0 Å². The molecule has 2 aliphatic heterocycles. The molecule has 2 fully saturated rings. The highest BCUT2D eigenvalue weighted by Crippen LogP contribution is 2.52. The lowest BCUT2D eigenvalue weighted by molar-refractivity contribution is -0.148. The number of amides is 2. The third-order valence-corrected chi connectivity index (χ3v) is 8.34. The van der Waals surface area contributed by atoms with Crippen LogP contribution in [0.15, 0.2) is 72.2 Å². The Morgan fingerprint density at radius 1 is 1.06 bits per heavy atom. The Bertz CT molecular complexity index is 1480. The number of aromatic nitrogens is 1. The number of H-pyrrole nitrogens is 1. The van der Waals surface area contributed by atoms with Crippen LogP contribution in [-0.4, -0.2) is 33.4 Å². The molecule has 7 nitrogen and oxygen atoms in total. The molecule has 2 saturated heterocycles. The lowest BCUT2D eigenvalue weighted by Gasteiger charge is -2.31. The minimum Gasteiger partial charge on any atom is -0.480 e. The van der Waals surface area contributed by atoms with Crippen LogP contribution >= 0.6 is 11.3 Å². The van der Waals surface area contributed by atoms with Crippen LogP contribution < -0.4 is 10.2 Å². The molecule has 2 amide bonds. The summed E-state index contributed by atoms with van der Waals surface area (Å²) >= 11 is 1.45. The van der Waals surface area contributed by atoms with E-state index >= 15 is 0 Å². The molecule has 0 spiro atoms. The number of thiophene rings is 1. The molecule has 3 N–H and O–H groups in total. The maximum absolute atomic E-state index is 14.0. The fourth-order valence-corrected chi connectivity index (χ4v) is 6.60. The van der Waals surface area contributed by atoms with Crippen LogP contribution in [0, 0.1) is 18.8 Å². The van der Waals surface area contributed by atoms with Crippen molar-refractivity contribution >= 4 is 45.7 Å². The zero-order chi connectivity index (χ0) is 24.3. The highest BCUT2D eigenvalue weighted by molar-refractivity contribution is 7.10. The van der Waals surface area contributed by atoms with Gasteiger partial charge >= 0.3 is 5.97 Å². The van der Waals surface area contributed by atoms with Gasteiger partial charge in [0.2, 0.25) is 11.8 Å². The second kappa shape index (κ2) is 7.90. The van der Waals surface area contributed by atoms with Crippen LogP contribution in [0.2, 0.25) is 0 Å². The van der Waals surface area contributed by atoms with Crippen molar-refractivity contribution in [3.05, 3.63) is 88.2 Å². The van der Waals surface area contributed by atoms with E-state index in [0.717, 1.165) is 26.9 Å². The summed E-state index contributed by atoms with van der Waals surface area (Å²) < 4.78 is 0. The summed E-state index contributed by atoms with van der Waals surface area (Å²) in [6.45, 7) is 1.84. The Morgan fingerprint density at radius 2 is 1.83 bits per heavy atom. The molecular weight excluding hydrogens is 462 g/mol. The Kier molecular flexibility index (Phi) is 4.91. The predicted molar refractivity (Wildman–Crippen MR) is 133 cm³/mol. The molecule has 4 atom stereocenters. The number of nitrogens with one attached hydrogen (secondary N) is 2. The molecule has 2 aromatic carbocycles. The number of carbonyl (C=O) groups excluding carboxylic acids is 2. The van der Waals surface area contributed by atoms with Crippen LogP contribution in [0.1, 0.15) is 22.0 Å². The van der Waals surface area contributed by atoms with Crippen LogP contribution in [-0.2, 0) is 20.8 Å². The van der Waals surface area contributed by atoms with E-state index in [2.05, 4.69) is 10.3 Å². The maximum atomic E-state index is 14.0. The summed E-state index contributed by atoms with van der Waals surface area (Å²) in [7, 11) is 0. The monoisotopic (exact) mass is 485 g/mol. The first-order valence-corrected chi connectivity index (χ1v) is 12.3. The molecule has 0 radical (unpaired) electrons. The van der Waals surface area contributed by atoms with Crippen molar-refractivity contribution in [2.75, 3.05) is 4.90 Å². The first-order chi connectivity index (χ1) is 16.9. The summed E-state index contributed by atoms with van der Waals surface area (Å²) in [6.07, 6.45) is 1.86. The molecule has 2 aromatic heterocycles. The number of rotatable bonds is 5. The number of benzene rings is 2. The maximum Gasteiger partial charge on any atom is 0.325 e. The lowest BCUT2D eigenvalue weighted by Crippen LogP contribution is -2.57. The molecule has 4 unspecified atom stereocenters. The van der Waals surface area contributed by atoms with Gasteiger partial charge in [0.15, 0.2) is 0 Å². The fourth-order valence-electron chi connectivity index (χ4n) is 5.78. The number of carboxylic acids is 1. The Morgan fingerprint density at radius 3 is 2.57 bits per heavy atom. The largest absolute Gasteiger partial charge is 0.480 e. The number of aryl methyl sites for hydroxylation is 1. The van der Waals surface area contributed by atoms with E-state index in [-0.39, 0.29) is 12.3 Å². The van der Waals surface area contributed by atoms with Crippen molar-refractivity contribution in [3.63, 3.8) is 0 Å². The molecule has 35 heavy (non-hydrogen) atoms. The molecule has 176 valence electrons. The number of hydrogen-bond acceptors (Lipinski definition) is 5. The standard InChI is InChI=1S/C27H23N3O4S/c1-15-7-2-5-10-19(15)30-24(31)21-22(25(30)32)27(26(33)34,29-23(21)20-11-6-12-35-20)13-16-14-28-18-9-4-3-8-17(16)18/h2-12,14,21-23,28-29H,13H2,1H3,(H,33,34). The van der Waals surface area contributed by atoms with Crippen LogP contribution in [0.25, 0.3) is 10.9 Å². The van der Waals surface area contributed by atoms with Crippen molar-refractivity contribution < 1.29 is 19.5 Å². The topological polar surface area (TPSA) is 102 Å². The first-order valence-electron chi connectivity index (χ1n) is 11.5. The van der Waals surface area contributed by atoms with E-state index < -0.39 is 35.3 Å². The third kappa shape index (κ3) is 3.10. The van der Waals surface area contributed by atoms with E-state index in [1.54, 1.807) is 18.3 Å². The van der Waals surface area contributed by atoms with Gasteiger partial charge < -0.3 is 10.1 Å². The number of imide groups is 1. The van der Waals surface area contributed by atoms with Crippen molar-refractivity contribution in [3.8, 4) is 0 Å². The van der Waals surface area contributed by atoms with Gasteiger partial charge in [-0.2, -0.15) is 0 Å². The Labute approximate surface area is 205 Å². The minimum atomic E-state index is -1.64. The van der Waals surface area contributed by atoms with Gasteiger partial charge in [-0.25, -0.2) is 4.90 Å². The van der Waals surface area contributed by atoms with Gasteiger partial charge in [0.1, 0.15) is 5.54 Å². The van der Waals surface area contributed by atoms with Gasteiger partial charge in [-0.1, -0.05) is 42.5 Å². The van der Waals surface area contributed by atoms with Crippen molar-refractivity contribution in [1.29, 1.82) is 0 Å². The molecule has 0 aliphatic carbocycles. The van der Waals surface area contributed by atoms with Gasteiger partial charge in [0.05, 0.1) is 23.6 Å². The van der Waals surface area contributed by atoms with E-state index in [1.165, 1.54) is 16.2 Å². The van der Waals surface area contributed by atoms with E-state index in [9.17, 15) is 19.5 Å². The zero-order valence-corrected chi connectivity index (χ0v) is 19.7. The van der Waals surface area contributed by atoms with Crippen LogP contribution in [0.3, 0.4) is 0 Å². The fraction of sp³-hybridized carbons (Fsp3) is 0.222. The minimum absolute atomic E-state index is 0.0655. The van der Waals surface area contributed by atoms with Crippen molar-refractivity contribution in [1.82, 2.24) is 10.3 Å². The van der Waals surface area contributed by atoms with Gasteiger partial charge in [0.25, 0.3) is 0 Å². The molecule has 8 heteroatoms. The number of fused-ring (bicyclic) bond motifs is 2. The number of hydrogen-bond donors (Lipinski definition) is 3. The Hall–Kier alpha value is -3.75. The number of anilines is 1. The number of carboxylic acid groups (broad SMARTS) is 1. The molecular formula is C27H23N3O4S. The Balaban J connectivity index is 1.52. The second-order valence-electron chi connectivity index (χ2n) is 9.25. The summed E-state index contributed by atoms with van der Waals surface area (Å²) in [5.41, 5.74) is 1.33. The van der Waals surface area contributed by atoms with Crippen LogP contribution in [0.4, 0.5) is 5.69 Å². The summed E-state index contributed by atoms with van der Waals surface area (Å²) in [5, 5.41) is 16.7. The number of para-hydroxylation sites is 2. The average Bonchev–Trinajstić information content (AvgIpc) is 3.62. The van der Waals surface area contributed by atoms with Gasteiger partial charge in [0, 0.05) is 28.4 Å². The summed E-state index contributed by atoms with van der Waals surface area (Å²) in [6, 6.07) is 18.1. The second-order valence-corrected chi connectivity index (χ2v) is 10.2. The third-order valence-electron chi connectivity index (χ3n) is 7.39. The normalized spacial score (nSPS) is 26.0. The predicted octanol–water partition coefficient (Wildman–Crippen LogP) is 4.05. The smallest absolute Gasteiger partial charge is 0.325 e. The molecule has 2 aliphatic rings. The van der Waals surface area contributed by atoms with E-state index in [1.807, 2.05) is 60.8 Å².